The minimum Gasteiger partial charge on any atom is -0.493 e. The Labute approximate surface area is 186 Å². The van der Waals surface area contributed by atoms with E-state index in [1.807, 2.05) is 6.07 Å². The molecule has 2 heterocycles. The summed E-state index contributed by atoms with van der Waals surface area (Å²) in [5.74, 6) is -0.0861. The van der Waals surface area contributed by atoms with Crippen molar-refractivity contribution in [2.45, 2.75) is 25.5 Å². The van der Waals surface area contributed by atoms with E-state index in [0.29, 0.717) is 19.8 Å². The minimum atomic E-state index is -0.593. The number of nitro groups is 1. The first-order chi connectivity index (χ1) is 15.5. The molecule has 2 aromatic rings. The molecule has 0 saturated carbocycles. The smallest absolute Gasteiger partial charge is 0.286 e. The predicted molar refractivity (Wildman–Crippen MR) is 115 cm³/mol. The van der Waals surface area contributed by atoms with Gasteiger partial charge in [-0.05, 0) is 24.5 Å². The van der Waals surface area contributed by atoms with Gasteiger partial charge in [0.25, 0.3) is 11.6 Å². The fourth-order valence-electron chi connectivity index (χ4n) is 3.51. The van der Waals surface area contributed by atoms with Gasteiger partial charge in [-0.3, -0.25) is 19.9 Å². The lowest BCUT2D eigenvalue weighted by Crippen LogP contribution is -2.37. The van der Waals surface area contributed by atoms with E-state index in [4.69, 9.17) is 18.9 Å². The number of pyridine rings is 1. The molecule has 3 rings (SSSR count). The zero-order valence-corrected chi connectivity index (χ0v) is 18.2. The first kappa shape index (κ1) is 23.4. The molecule has 1 saturated heterocycles. The average Bonchev–Trinajstić information content (AvgIpc) is 3.32. The molecule has 0 aliphatic carbocycles. The van der Waals surface area contributed by atoms with Crippen LogP contribution in [0.3, 0.4) is 0 Å². The van der Waals surface area contributed by atoms with Gasteiger partial charge in [0, 0.05) is 45.3 Å². The highest BCUT2D eigenvalue weighted by atomic mass is 16.6. The van der Waals surface area contributed by atoms with Gasteiger partial charge in [0.05, 0.1) is 30.8 Å². The van der Waals surface area contributed by atoms with E-state index >= 15 is 0 Å². The van der Waals surface area contributed by atoms with Crippen molar-refractivity contribution in [1.82, 2.24) is 9.88 Å². The predicted octanol–water partition coefficient (Wildman–Crippen LogP) is 2.85. The van der Waals surface area contributed by atoms with Crippen molar-refractivity contribution in [2.24, 2.45) is 0 Å². The number of aromatic nitrogens is 1. The summed E-state index contributed by atoms with van der Waals surface area (Å²) in [5.41, 5.74) is 0.382. The van der Waals surface area contributed by atoms with E-state index in [9.17, 15) is 14.9 Å². The van der Waals surface area contributed by atoms with Crippen LogP contribution in [-0.2, 0) is 16.0 Å². The summed E-state index contributed by atoms with van der Waals surface area (Å²) in [5, 5.41) is 11.8. The Morgan fingerprint density at radius 1 is 1.31 bits per heavy atom. The summed E-state index contributed by atoms with van der Waals surface area (Å²) >= 11 is 0. The van der Waals surface area contributed by atoms with Crippen molar-refractivity contribution in [3.63, 3.8) is 0 Å². The molecule has 1 atom stereocenters. The molecule has 10 heteroatoms. The fraction of sp³-hybridized carbons (Fsp3) is 0.455. The fourth-order valence-corrected chi connectivity index (χ4v) is 3.51. The number of methoxy groups -OCH3 is 2. The van der Waals surface area contributed by atoms with E-state index in [1.54, 1.807) is 23.4 Å². The highest BCUT2D eigenvalue weighted by Gasteiger charge is 2.30. The van der Waals surface area contributed by atoms with Crippen LogP contribution in [-0.4, -0.2) is 67.4 Å². The molecule has 172 valence electrons. The number of rotatable bonds is 11. The monoisotopic (exact) mass is 445 g/mol. The van der Waals surface area contributed by atoms with Crippen molar-refractivity contribution in [3.8, 4) is 11.5 Å². The molecule has 1 aliphatic rings. The molecule has 1 aliphatic heterocycles. The van der Waals surface area contributed by atoms with Crippen LogP contribution in [0, 0.1) is 10.1 Å². The second kappa shape index (κ2) is 11.4. The van der Waals surface area contributed by atoms with E-state index in [-0.39, 0.29) is 42.0 Å². The summed E-state index contributed by atoms with van der Waals surface area (Å²) < 4.78 is 21.5. The first-order valence-electron chi connectivity index (χ1n) is 10.3. The van der Waals surface area contributed by atoms with Crippen LogP contribution in [0.25, 0.3) is 0 Å². The number of benzene rings is 1. The maximum Gasteiger partial charge on any atom is 0.286 e. The van der Waals surface area contributed by atoms with Crippen LogP contribution in [0.15, 0.2) is 36.7 Å². The summed E-state index contributed by atoms with van der Waals surface area (Å²) in [6.45, 7) is 1.69. The molecule has 0 spiro atoms. The second-order valence-corrected chi connectivity index (χ2v) is 7.30. The maximum atomic E-state index is 13.5. The molecule has 1 aromatic heterocycles. The normalized spacial score (nSPS) is 15.4. The molecule has 1 aromatic carbocycles. The molecule has 1 amide bonds. The Hall–Kier alpha value is -3.24. The number of carbonyl (C=O) groups excluding carboxylic acids is 1. The lowest BCUT2D eigenvalue weighted by molar-refractivity contribution is -0.385. The van der Waals surface area contributed by atoms with Crippen LogP contribution in [0.5, 0.6) is 11.5 Å². The topological polar surface area (TPSA) is 113 Å². The van der Waals surface area contributed by atoms with Gasteiger partial charge in [0.1, 0.15) is 12.2 Å². The summed E-state index contributed by atoms with van der Waals surface area (Å²) in [4.78, 5) is 30.4. The van der Waals surface area contributed by atoms with E-state index in [0.717, 1.165) is 18.4 Å². The summed E-state index contributed by atoms with van der Waals surface area (Å²) in [6, 6.07) is 6.20. The molecule has 1 fully saturated rings. The van der Waals surface area contributed by atoms with Gasteiger partial charge in [-0.15, -0.1) is 0 Å². The van der Waals surface area contributed by atoms with Gasteiger partial charge in [0.15, 0.2) is 11.5 Å². The summed E-state index contributed by atoms with van der Waals surface area (Å²) in [6.07, 6.45) is 4.94. The zero-order chi connectivity index (χ0) is 22.9. The number of amides is 1. The van der Waals surface area contributed by atoms with Crippen molar-refractivity contribution < 1.29 is 28.7 Å². The molecule has 10 nitrogen and oxygen atoms in total. The molecule has 0 bridgehead atoms. The van der Waals surface area contributed by atoms with Gasteiger partial charge in [-0.25, -0.2) is 0 Å². The standard InChI is InChI=1S/C22H27N3O7/c1-29-9-10-32-21-12-19(25(27)28)18(11-20(21)30-2)22(26)24(15-17-6-4-8-31-17)14-16-5-3-7-23-13-16/h3,5,7,11-13,17H,4,6,8-10,14-15H2,1-2H3. The third-order valence-corrected chi connectivity index (χ3v) is 5.09. The Bertz CT molecular complexity index is 917. The third kappa shape index (κ3) is 5.92. The first-order valence-corrected chi connectivity index (χ1v) is 10.3. The minimum absolute atomic E-state index is 0.0761. The van der Waals surface area contributed by atoms with Crippen LogP contribution in [0.1, 0.15) is 28.8 Å². The molecule has 32 heavy (non-hydrogen) atoms. The van der Waals surface area contributed by atoms with E-state index in [1.165, 1.54) is 26.4 Å². The van der Waals surface area contributed by atoms with E-state index in [2.05, 4.69) is 4.98 Å². The van der Waals surface area contributed by atoms with Crippen LogP contribution >= 0.6 is 0 Å². The zero-order valence-electron chi connectivity index (χ0n) is 18.2. The van der Waals surface area contributed by atoms with Crippen LogP contribution < -0.4 is 9.47 Å². The Kier molecular flexibility index (Phi) is 8.34. The number of nitro benzene ring substituents is 1. The van der Waals surface area contributed by atoms with Crippen LogP contribution in [0.2, 0.25) is 0 Å². The Morgan fingerprint density at radius 2 is 2.16 bits per heavy atom. The Balaban J connectivity index is 1.94. The molecular weight excluding hydrogens is 418 g/mol. The number of ether oxygens (including phenoxy) is 4. The average molecular weight is 445 g/mol. The largest absolute Gasteiger partial charge is 0.493 e. The quantitative estimate of drug-likeness (QED) is 0.295. The number of hydrogen-bond acceptors (Lipinski definition) is 8. The number of nitrogens with zero attached hydrogens (tertiary/aromatic N) is 3. The number of hydrogen-bond donors (Lipinski definition) is 0. The second-order valence-electron chi connectivity index (χ2n) is 7.30. The summed E-state index contributed by atoms with van der Waals surface area (Å²) in [7, 11) is 2.94. The lowest BCUT2D eigenvalue weighted by Gasteiger charge is -2.26. The van der Waals surface area contributed by atoms with Crippen molar-refractivity contribution in [1.29, 1.82) is 0 Å². The molecular formula is C22H27N3O7. The highest BCUT2D eigenvalue weighted by molar-refractivity contribution is 5.99. The third-order valence-electron chi connectivity index (χ3n) is 5.09. The molecule has 0 radical (unpaired) electrons. The van der Waals surface area contributed by atoms with Crippen LogP contribution in [0.4, 0.5) is 5.69 Å². The van der Waals surface area contributed by atoms with Gasteiger partial charge >= 0.3 is 0 Å². The van der Waals surface area contributed by atoms with Crippen molar-refractivity contribution >= 4 is 11.6 Å². The number of carbonyl (C=O) groups is 1. The van der Waals surface area contributed by atoms with Gasteiger partial charge in [-0.2, -0.15) is 0 Å². The highest BCUT2D eigenvalue weighted by Crippen LogP contribution is 2.35. The Morgan fingerprint density at radius 3 is 2.78 bits per heavy atom. The van der Waals surface area contributed by atoms with Crippen molar-refractivity contribution in [3.05, 3.63) is 57.9 Å². The van der Waals surface area contributed by atoms with Gasteiger partial charge < -0.3 is 23.8 Å². The molecule has 1 unspecified atom stereocenters. The van der Waals surface area contributed by atoms with Crippen molar-refractivity contribution in [2.75, 3.05) is 40.6 Å². The van der Waals surface area contributed by atoms with Gasteiger partial charge in [-0.1, -0.05) is 6.07 Å². The maximum absolute atomic E-state index is 13.5. The SMILES string of the molecule is COCCOc1cc([N+](=O)[O-])c(C(=O)N(Cc2cccnc2)CC2CCCO2)cc1OC. The lowest BCUT2D eigenvalue weighted by atomic mass is 10.1. The van der Waals surface area contributed by atoms with Gasteiger partial charge in [0.2, 0.25) is 0 Å². The molecule has 0 N–H and O–H groups in total. The van der Waals surface area contributed by atoms with E-state index < -0.39 is 10.8 Å².